The molecule has 0 saturated heterocycles. The Kier molecular flexibility index (Phi) is 3.16. The Bertz CT molecular complexity index is 471. The van der Waals surface area contributed by atoms with E-state index < -0.39 is 10.2 Å². The van der Waals surface area contributed by atoms with E-state index in [1.807, 2.05) is 18.2 Å². The van der Waals surface area contributed by atoms with Crippen LogP contribution in [-0.4, -0.2) is 19.3 Å². The summed E-state index contributed by atoms with van der Waals surface area (Å²) in [5, 5.41) is 0. The number of rotatable bonds is 3. The summed E-state index contributed by atoms with van der Waals surface area (Å²) in [6.45, 7) is 3.11. The van der Waals surface area contributed by atoms with E-state index in [0.717, 1.165) is 18.4 Å². The van der Waals surface area contributed by atoms with Gasteiger partial charge in [0.25, 0.3) is 0 Å². The Balaban J connectivity index is 2.25. The van der Waals surface area contributed by atoms with Crippen LogP contribution in [0.1, 0.15) is 25.3 Å². The van der Waals surface area contributed by atoms with Crippen LogP contribution >= 0.6 is 0 Å². The van der Waals surface area contributed by atoms with E-state index in [0.29, 0.717) is 18.8 Å². The van der Waals surface area contributed by atoms with Crippen LogP contribution in [0.2, 0.25) is 0 Å². The molecule has 16 heavy (non-hydrogen) atoms. The van der Waals surface area contributed by atoms with Crippen LogP contribution in [-0.2, 0) is 16.8 Å². The zero-order valence-electron chi connectivity index (χ0n) is 9.31. The molecule has 0 spiro atoms. The van der Waals surface area contributed by atoms with Gasteiger partial charge in [-0.15, -0.1) is 0 Å². The average Bonchev–Trinajstić information content (AvgIpc) is 2.25. The van der Waals surface area contributed by atoms with E-state index in [-0.39, 0.29) is 0 Å². The lowest BCUT2D eigenvalue weighted by Gasteiger charge is -2.28. The predicted octanol–water partition coefficient (Wildman–Crippen LogP) is 1.96. The molecule has 0 aromatic heterocycles. The van der Waals surface area contributed by atoms with Crippen molar-refractivity contribution in [2.45, 2.75) is 26.3 Å². The zero-order chi connectivity index (χ0) is 11.6. The molecular weight excluding hydrogens is 224 g/mol. The smallest absolute Gasteiger partial charge is 0.271 e. The van der Waals surface area contributed by atoms with Crippen LogP contribution in [0.3, 0.4) is 0 Å². The number of nitrogens with one attached hydrogen (secondary N) is 1. The largest absolute Gasteiger partial charge is 0.301 e. The van der Waals surface area contributed by atoms with Gasteiger partial charge >= 0.3 is 10.2 Å². The Morgan fingerprint density at radius 2 is 2.12 bits per heavy atom. The second kappa shape index (κ2) is 4.43. The molecule has 1 N–H and O–H groups in total. The molecule has 0 unspecified atom stereocenters. The predicted molar refractivity (Wildman–Crippen MR) is 64.3 cm³/mol. The van der Waals surface area contributed by atoms with Crippen molar-refractivity contribution in [2.24, 2.45) is 0 Å². The molecule has 1 heterocycles. The van der Waals surface area contributed by atoms with Crippen LogP contribution in [0, 0.1) is 0 Å². The maximum Gasteiger partial charge on any atom is 0.301 e. The van der Waals surface area contributed by atoms with Crippen LogP contribution in [0.4, 0.5) is 5.69 Å². The van der Waals surface area contributed by atoms with E-state index in [4.69, 9.17) is 0 Å². The van der Waals surface area contributed by atoms with Gasteiger partial charge in [0.1, 0.15) is 0 Å². The highest BCUT2D eigenvalue weighted by Crippen LogP contribution is 2.25. The monoisotopic (exact) mass is 240 g/mol. The molecule has 1 aliphatic rings. The van der Waals surface area contributed by atoms with Crippen molar-refractivity contribution in [3.8, 4) is 0 Å². The van der Waals surface area contributed by atoms with E-state index in [1.165, 1.54) is 4.31 Å². The van der Waals surface area contributed by atoms with Crippen molar-refractivity contribution in [2.75, 3.05) is 11.3 Å². The number of hydrogen-bond donors (Lipinski definition) is 1. The normalized spacial score (nSPS) is 18.8. The first-order valence-electron chi connectivity index (χ1n) is 5.49. The van der Waals surface area contributed by atoms with Crippen LogP contribution in [0.5, 0.6) is 0 Å². The Morgan fingerprint density at radius 1 is 1.38 bits per heavy atom. The molecule has 0 radical (unpaired) electrons. The van der Waals surface area contributed by atoms with E-state index in [2.05, 4.69) is 11.6 Å². The molecule has 0 bridgehead atoms. The second-order valence-electron chi connectivity index (χ2n) is 3.95. The van der Waals surface area contributed by atoms with Crippen molar-refractivity contribution in [3.05, 3.63) is 29.8 Å². The summed E-state index contributed by atoms with van der Waals surface area (Å²) in [4.78, 5) is 0. The van der Waals surface area contributed by atoms with E-state index in [1.54, 1.807) is 6.07 Å². The molecule has 0 fully saturated rings. The van der Waals surface area contributed by atoms with Crippen LogP contribution in [0.15, 0.2) is 24.3 Å². The third-order valence-electron chi connectivity index (χ3n) is 2.70. The topological polar surface area (TPSA) is 49.4 Å². The van der Waals surface area contributed by atoms with Crippen molar-refractivity contribution in [1.82, 2.24) is 4.31 Å². The SMILES string of the molecule is CCCCN1Cc2ccccc2NS1(=O)=O. The molecule has 2 rings (SSSR count). The van der Waals surface area contributed by atoms with Gasteiger partial charge in [-0.25, -0.2) is 0 Å². The first-order valence-corrected chi connectivity index (χ1v) is 6.93. The van der Waals surface area contributed by atoms with E-state index in [9.17, 15) is 8.42 Å². The summed E-state index contributed by atoms with van der Waals surface area (Å²) in [7, 11) is -3.33. The van der Waals surface area contributed by atoms with Gasteiger partial charge in [-0.1, -0.05) is 31.5 Å². The lowest BCUT2D eigenvalue weighted by Crippen LogP contribution is -2.39. The number of benzene rings is 1. The minimum absolute atomic E-state index is 0.478. The van der Waals surface area contributed by atoms with Crippen molar-refractivity contribution < 1.29 is 8.42 Å². The first-order chi connectivity index (χ1) is 7.63. The highest BCUT2D eigenvalue weighted by atomic mass is 32.2. The summed E-state index contributed by atoms with van der Waals surface area (Å²) >= 11 is 0. The van der Waals surface area contributed by atoms with Gasteiger partial charge in [-0.3, -0.25) is 4.72 Å². The quantitative estimate of drug-likeness (QED) is 0.878. The second-order valence-corrected chi connectivity index (χ2v) is 5.62. The molecule has 5 heteroatoms. The van der Waals surface area contributed by atoms with E-state index >= 15 is 0 Å². The molecular formula is C11H16N2O2S. The van der Waals surface area contributed by atoms with Gasteiger partial charge in [0.05, 0.1) is 5.69 Å². The fourth-order valence-electron chi connectivity index (χ4n) is 1.77. The molecule has 1 aromatic carbocycles. The standard InChI is InChI=1S/C11H16N2O2S/c1-2-3-8-13-9-10-6-4-5-7-11(10)12-16(13,14)15/h4-7,12H,2-3,8-9H2,1H3. The van der Waals surface area contributed by atoms with Gasteiger partial charge < -0.3 is 0 Å². The number of para-hydroxylation sites is 1. The maximum absolute atomic E-state index is 11.9. The molecule has 0 atom stereocenters. The van der Waals surface area contributed by atoms with Crippen molar-refractivity contribution in [3.63, 3.8) is 0 Å². The fourth-order valence-corrected chi connectivity index (χ4v) is 3.05. The number of anilines is 1. The lowest BCUT2D eigenvalue weighted by molar-refractivity contribution is 0.397. The fraction of sp³-hybridized carbons (Fsp3) is 0.455. The Labute approximate surface area is 96.5 Å². The average molecular weight is 240 g/mol. The number of unbranched alkanes of at least 4 members (excludes halogenated alkanes) is 1. The highest BCUT2D eigenvalue weighted by molar-refractivity contribution is 7.90. The molecule has 0 aliphatic carbocycles. The Hall–Kier alpha value is -1.07. The molecule has 0 amide bonds. The molecule has 4 nitrogen and oxygen atoms in total. The van der Waals surface area contributed by atoms with Gasteiger partial charge in [-0.2, -0.15) is 12.7 Å². The van der Waals surface area contributed by atoms with Gasteiger partial charge in [0, 0.05) is 13.1 Å². The summed E-state index contributed by atoms with van der Waals surface area (Å²) in [6, 6.07) is 7.51. The summed E-state index contributed by atoms with van der Waals surface area (Å²) < 4.78 is 27.8. The van der Waals surface area contributed by atoms with Crippen molar-refractivity contribution >= 4 is 15.9 Å². The number of hydrogen-bond acceptors (Lipinski definition) is 2. The molecule has 1 aliphatic heterocycles. The third kappa shape index (κ3) is 2.20. The molecule has 1 aromatic rings. The summed E-state index contributed by atoms with van der Waals surface area (Å²) in [5.41, 5.74) is 1.74. The van der Waals surface area contributed by atoms with Crippen molar-refractivity contribution in [1.29, 1.82) is 0 Å². The zero-order valence-corrected chi connectivity index (χ0v) is 10.1. The molecule has 88 valence electrons. The minimum Gasteiger partial charge on any atom is -0.271 e. The number of nitrogens with zero attached hydrogens (tertiary/aromatic N) is 1. The Morgan fingerprint density at radius 3 is 2.88 bits per heavy atom. The van der Waals surface area contributed by atoms with Crippen LogP contribution < -0.4 is 4.72 Å². The highest BCUT2D eigenvalue weighted by Gasteiger charge is 2.27. The molecule has 0 saturated carbocycles. The number of fused-ring (bicyclic) bond motifs is 1. The van der Waals surface area contributed by atoms with Gasteiger partial charge in [0.2, 0.25) is 0 Å². The lowest BCUT2D eigenvalue weighted by atomic mass is 10.2. The first kappa shape index (κ1) is 11.4. The maximum atomic E-state index is 11.9. The summed E-state index contributed by atoms with van der Waals surface area (Å²) in [5.74, 6) is 0. The van der Waals surface area contributed by atoms with Gasteiger partial charge in [-0.05, 0) is 18.1 Å². The third-order valence-corrected chi connectivity index (χ3v) is 4.17. The summed E-state index contributed by atoms with van der Waals surface area (Å²) in [6.07, 6.45) is 1.89. The minimum atomic E-state index is -3.33. The van der Waals surface area contributed by atoms with Crippen LogP contribution in [0.25, 0.3) is 0 Å². The van der Waals surface area contributed by atoms with Gasteiger partial charge in [0.15, 0.2) is 0 Å².